The third-order valence-electron chi connectivity index (χ3n) is 3.87. The van der Waals surface area contributed by atoms with Crippen molar-refractivity contribution in [3.05, 3.63) is 0 Å². The minimum Gasteiger partial charge on any atom is -0.393 e. The molecule has 0 spiro atoms. The largest absolute Gasteiger partial charge is 0.393 e. The second-order valence-electron chi connectivity index (χ2n) is 5.39. The fourth-order valence-electron chi connectivity index (χ4n) is 2.63. The number of nitrogens with one attached hydrogen (secondary N) is 1. The number of hydrogen-bond donors (Lipinski definition) is 2. The molecular weight excluding hydrogens is 214 g/mol. The van der Waals surface area contributed by atoms with Crippen LogP contribution in [0.25, 0.3) is 0 Å². The third-order valence-corrected chi connectivity index (χ3v) is 3.87. The first-order valence-corrected chi connectivity index (χ1v) is 7.14. The van der Waals surface area contributed by atoms with E-state index in [9.17, 15) is 5.11 Å². The van der Waals surface area contributed by atoms with E-state index in [1.54, 1.807) is 7.11 Å². The first-order valence-electron chi connectivity index (χ1n) is 7.14. The van der Waals surface area contributed by atoms with Gasteiger partial charge in [-0.1, -0.05) is 12.8 Å². The van der Waals surface area contributed by atoms with Gasteiger partial charge in [-0.05, 0) is 51.5 Å². The number of hydrogen-bond acceptors (Lipinski definition) is 3. The van der Waals surface area contributed by atoms with Gasteiger partial charge in [0.1, 0.15) is 0 Å². The van der Waals surface area contributed by atoms with Gasteiger partial charge in [0, 0.05) is 19.8 Å². The van der Waals surface area contributed by atoms with Gasteiger partial charge >= 0.3 is 0 Å². The van der Waals surface area contributed by atoms with E-state index in [4.69, 9.17) is 4.74 Å². The molecule has 0 aromatic carbocycles. The summed E-state index contributed by atoms with van der Waals surface area (Å²) in [7, 11) is 1.75. The molecule has 0 saturated heterocycles. The summed E-state index contributed by atoms with van der Waals surface area (Å²) in [5, 5.41) is 13.4. The highest BCUT2D eigenvalue weighted by atomic mass is 16.5. The minimum atomic E-state index is -0.0327. The van der Waals surface area contributed by atoms with Crippen molar-refractivity contribution < 1.29 is 9.84 Å². The van der Waals surface area contributed by atoms with Crippen molar-refractivity contribution in [3.8, 4) is 0 Å². The Bertz CT molecular complexity index is 187. The second-order valence-corrected chi connectivity index (χ2v) is 5.39. The molecule has 3 nitrogen and oxygen atoms in total. The monoisotopic (exact) mass is 243 g/mol. The molecule has 0 radical (unpaired) electrons. The molecule has 0 bridgehead atoms. The van der Waals surface area contributed by atoms with Crippen LogP contribution in [0.15, 0.2) is 0 Å². The Labute approximate surface area is 106 Å². The summed E-state index contributed by atoms with van der Waals surface area (Å²) >= 11 is 0. The molecule has 1 rings (SSSR count). The number of rotatable bonds is 8. The van der Waals surface area contributed by atoms with Crippen molar-refractivity contribution in [3.63, 3.8) is 0 Å². The summed E-state index contributed by atoms with van der Waals surface area (Å²) in [6.07, 6.45) is 8.15. The molecule has 3 atom stereocenters. The van der Waals surface area contributed by atoms with Gasteiger partial charge in [0.15, 0.2) is 0 Å². The van der Waals surface area contributed by atoms with Crippen molar-refractivity contribution in [2.45, 2.75) is 64.0 Å². The highest BCUT2D eigenvalue weighted by molar-refractivity contribution is 4.74. The van der Waals surface area contributed by atoms with Crippen LogP contribution >= 0.6 is 0 Å². The van der Waals surface area contributed by atoms with Crippen LogP contribution in [-0.2, 0) is 4.74 Å². The lowest BCUT2D eigenvalue weighted by Gasteiger charge is -2.27. The molecule has 1 aliphatic carbocycles. The fourth-order valence-corrected chi connectivity index (χ4v) is 2.63. The van der Waals surface area contributed by atoms with E-state index in [0.717, 1.165) is 26.0 Å². The molecule has 0 aromatic rings. The highest BCUT2D eigenvalue weighted by Crippen LogP contribution is 2.27. The van der Waals surface area contributed by atoms with Gasteiger partial charge in [-0.3, -0.25) is 0 Å². The average molecular weight is 243 g/mol. The van der Waals surface area contributed by atoms with Gasteiger partial charge in [-0.15, -0.1) is 0 Å². The van der Waals surface area contributed by atoms with E-state index in [0.29, 0.717) is 12.0 Å². The highest BCUT2D eigenvalue weighted by Gasteiger charge is 2.22. The molecule has 0 amide bonds. The predicted octanol–water partition coefficient (Wildman–Crippen LogP) is 2.33. The quantitative estimate of drug-likeness (QED) is 0.643. The summed E-state index contributed by atoms with van der Waals surface area (Å²) in [5.74, 6) is 0.555. The topological polar surface area (TPSA) is 41.5 Å². The molecule has 2 N–H and O–H groups in total. The Balaban J connectivity index is 1.99. The molecule has 17 heavy (non-hydrogen) atoms. The van der Waals surface area contributed by atoms with E-state index < -0.39 is 0 Å². The lowest BCUT2D eigenvalue weighted by molar-refractivity contribution is 0.0642. The van der Waals surface area contributed by atoms with Crippen molar-refractivity contribution in [2.24, 2.45) is 5.92 Å². The lowest BCUT2D eigenvalue weighted by atomic mass is 9.83. The zero-order valence-corrected chi connectivity index (χ0v) is 11.5. The molecule has 0 aliphatic heterocycles. The first-order chi connectivity index (χ1) is 8.24. The summed E-state index contributed by atoms with van der Waals surface area (Å²) in [6, 6.07) is 0.534. The maximum Gasteiger partial charge on any atom is 0.0568 e. The Morgan fingerprint density at radius 3 is 2.82 bits per heavy atom. The Kier molecular flexibility index (Phi) is 7.82. The molecule has 0 aromatic heterocycles. The number of ether oxygens (including phenoxy) is 1. The Hall–Kier alpha value is -0.120. The normalized spacial score (nSPS) is 27.0. The number of aliphatic hydroxyl groups excluding tert-OH is 1. The zero-order valence-electron chi connectivity index (χ0n) is 11.5. The molecule has 102 valence electrons. The van der Waals surface area contributed by atoms with Crippen LogP contribution in [0.4, 0.5) is 0 Å². The van der Waals surface area contributed by atoms with Crippen LogP contribution in [0.2, 0.25) is 0 Å². The lowest BCUT2D eigenvalue weighted by Crippen LogP contribution is -2.30. The standard InChI is InChI=1S/C14H29NO2/c1-12(9-11-17-2)15-10-5-7-13-6-3-4-8-14(13)16/h12-16H,3-11H2,1-2H3. The molecular formula is C14H29NO2. The van der Waals surface area contributed by atoms with Gasteiger partial charge in [0.25, 0.3) is 0 Å². The molecule has 1 fully saturated rings. The minimum absolute atomic E-state index is 0.0327. The molecule has 3 unspecified atom stereocenters. The fraction of sp³-hybridized carbons (Fsp3) is 1.00. The number of methoxy groups -OCH3 is 1. The van der Waals surface area contributed by atoms with Gasteiger partial charge in [0.2, 0.25) is 0 Å². The predicted molar refractivity (Wildman–Crippen MR) is 71.2 cm³/mol. The van der Waals surface area contributed by atoms with E-state index >= 15 is 0 Å². The van der Waals surface area contributed by atoms with Gasteiger partial charge < -0.3 is 15.2 Å². The molecule has 1 aliphatic rings. The summed E-state index contributed by atoms with van der Waals surface area (Å²) in [4.78, 5) is 0. The van der Waals surface area contributed by atoms with E-state index in [-0.39, 0.29) is 6.10 Å². The van der Waals surface area contributed by atoms with Crippen LogP contribution in [0.5, 0.6) is 0 Å². The van der Waals surface area contributed by atoms with Gasteiger partial charge in [-0.25, -0.2) is 0 Å². The van der Waals surface area contributed by atoms with Gasteiger partial charge in [-0.2, -0.15) is 0 Å². The SMILES string of the molecule is COCCC(C)NCCCC1CCCCC1O. The van der Waals surface area contributed by atoms with Crippen molar-refractivity contribution in [1.82, 2.24) is 5.32 Å². The Morgan fingerprint density at radius 1 is 1.35 bits per heavy atom. The van der Waals surface area contributed by atoms with Crippen LogP contribution in [0, 0.1) is 5.92 Å². The van der Waals surface area contributed by atoms with Crippen LogP contribution < -0.4 is 5.32 Å². The molecule has 0 heterocycles. The maximum atomic E-state index is 9.86. The van der Waals surface area contributed by atoms with Gasteiger partial charge in [0.05, 0.1) is 6.10 Å². The zero-order chi connectivity index (χ0) is 12.5. The van der Waals surface area contributed by atoms with Crippen LogP contribution in [0.1, 0.15) is 51.9 Å². The van der Waals surface area contributed by atoms with E-state index in [1.807, 2.05) is 0 Å². The van der Waals surface area contributed by atoms with E-state index in [2.05, 4.69) is 12.2 Å². The van der Waals surface area contributed by atoms with E-state index in [1.165, 1.54) is 32.1 Å². The molecule has 1 saturated carbocycles. The first kappa shape index (κ1) is 14.9. The smallest absolute Gasteiger partial charge is 0.0568 e. The second kappa shape index (κ2) is 8.90. The van der Waals surface area contributed by atoms with Crippen molar-refractivity contribution >= 4 is 0 Å². The average Bonchev–Trinajstić information content (AvgIpc) is 2.34. The van der Waals surface area contributed by atoms with Crippen LogP contribution in [-0.4, -0.2) is 37.5 Å². The maximum absolute atomic E-state index is 9.86. The number of aliphatic hydroxyl groups is 1. The Morgan fingerprint density at radius 2 is 2.12 bits per heavy atom. The van der Waals surface area contributed by atoms with Crippen LogP contribution in [0.3, 0.4) is 0 Å². The summed E-state index contributed by atoms with van der Waals surface area (Å²) in [5.41, 5.74) is 0. The van der Waals surface area contributed by atoms with Crippen molar-refractivity contribution in [1.29, 1.82) is 0 Å². The summed E-state index contributed by atoms with van der Waals surface area (Å²) < 4.78 is 5.05. The molecule has 3 heteroatoms. The third kappa shape index (κ3) is 6.39. The summed E-state index contributed by atoms with van der Waals surface area (Å²) in [6.45, 7) is 4.10. The van der Waals surface area contributed by atoms with Crippen molar-refractivity contribution in [2.75, 3.05) is 20.3 Å².